The van der Waals surface area contributed by atoms with Gasteiger partial charge in [0.1, 0.15) is 0 Å². The fourth-order valence-corrected chi connectivity index (χ4v) is 2.82. The van der Waals surface area contributed by atoms with Crippen molar-refractivity contribution >= 4 is 11.6 Å². The zero-order valence-corrected chi connectivity index (χ0v) is 11.3. The molecule has 2 N–H and O–H groups in total. The second-order valence-electron chi connectivity index (χ2n) is 4.99. The Morgan fingerprint density at radius 3 is 2.79 bits per heavy atom. The SMILES string of the molecule is NC1CCCCC1c1nc(-c2ccccc2Cl)no1. The molecule has 0 bridgehead atoms. The lowest BCUT2D eigenvalue weighted by atomic mass is 9.85. The Kier molecular flexibility index (Phi) is 3.53. The van der Waals surface area contributed by atoms with Crippen molar-refractivity contribution in [1.82, 2.24) is 10.1 Å². The molecule has 2 aromatic rings. The summed E-state index contributed by atoms with van der Waals surface area (Å²) in [5.41, 5.74) is 6.93. The molecule has 0 saturated heterocycles. The van der Waals surface area contributed by atoms with Crippen molar-refractivity contribution in [1.29, 1.82) is 0 Å². The van der Waals surface area contributed by atoms with Crippen molar-refractivity contribution in [3.8, 4) is 11.4 Å². The van der Waals surface area contributed by atoms with Crippen LogP contribution in [0.15, 0.2) is 28.8 Å². The van der Waals surface area contributed by atoms with E-state index in [0.717, 1.165) is 18.4 Å². The highest BCUT2D eigenvalue weighted by molar-refractivity contribution is 6.33. The van der Waals surface area contributed by atoms with Gasteiger partial charge >= 0.3 is 0 Å². The molecule has 1 aliphatic rings. The van der Waals surface area contributed by atoms with Crippen molar-refractivity contribution in [2.24, 2.45) is 5.73 Å². The van der Waals surface area contributed by atoms with Gasteiger partial charge in [0.05, 0.1) is 10.9 Å². The summed E-state index contributed by atoms with van der Waals surface area (Å²) in [6.07, 6.45) is 4.39. The molecule has 1 fully saturated rings. The average molecular weight is 278 g/mol. The third kappa shape index (κ3) is 2.51. The van der Waals surface area contributed by atoms with Crippen LogP contribution in [0.1, 0.15) is 37.5 Å². The summed E-state index contributed by atoms with van der Waals surface area (Å²) in [5, 5.41) is 4.66. The number of aromatic nitrogens is 2. The van der Waals surface area contributed by atoms with Gasteiger partial charge in [0.2, 0.25) is 11.7 Å². The first kappa shape index (κ1) is 12.6. The fourth-order valence-electron chi connectivity index (χ4n) is 2.60. The standard InChI is InChI=1S/C14H16ClN3O/c15-11-7-3-1-5-9(11)13-17-14(19-18-13)10-6-2-4-8-12(10)16/h1,3,5,7,10,12H,2,4,6,8,16H2. The average Bonchev–Trinajstić information content (AvgIpc) is 2.89. The van der Waals surface area contributed by atoms with Crippen LogP contribution in [0.3, 0.4) is 0 Å². The van der Waals surface area contributed by atoms with Crippen molar-refractivity contribution in [2.75, 3.05) is 0 Å². The molecular formula is C14H16ClN3O. The van der Waals surface area contributed by atoms with Gasteiger partial charge in [0.25, 0.3) is 0 Å². The molecule has 4 nitrogen and oxygen atoms in total. The second-order valence-corrected chi connectivity index (χ2v) is 5.40. The van der Waals surface area contributed by atoms with E-state index < -0.39 is 0 Å². The van der Waals surface area contributed by atoms with E-state index in [9.17, 15) is 0 Å². The first-order valence-electron chi connectivity index (χ1n) is 6.60. The number of rotatable bonds is 2. The van der Waals surface area contributed by atoms with Crippen LogP contribution in [0.4, 0.5) is 0 Å². The topological polar surface area (TPSA) is 64.9 Å². The molecule has 2 unspecified atom stereocenters. The molecule has 19 heavy (non-hydrogen) atoms. The van der Waals surface area contributed by atoms with Crippen molar-refractivity contribution < 1.29 is 4.52 Å². The largest absolute Gasteiger partial charge is 0.339 e. The summed E-state index contributed by atoms with van der Waals surface area (Å²) in [7, 11) is 0. The Balaban J connectivity index is 1.89. The van der Waals surface area contributed by atoms with Gasteiger partial charge < -0.3 is 10.3 Å². The van der Waals surface area contributed by atoms with Crippen molar-refractivity contribution in [3.63, 3.8) is 0 Å². The highest BCUT2D eigenvalue weighted by Gasteiger charge is 2.28. The molecule has 0 spiro atoms. The van der Waals surface area contributed by atoms with Gasteiger partial charge in [-0.3, -0.25) is 0 Å². The number of benzene rings is 1. The van der Waals surface area contributed by atoms with E-state index in [2.05, 4.69) is 10.1 Å². The number of nitrogens with two attached hydrogens (primary N) is 1. The highest BCUT2D eigenvalue weighted by atomic mass is 35.5. The van der Waals surface area contributed by atoms with Gasteiger partial charge in [0.15, 0.2) is 0 Å². The summed E-state index contributed by atoms with van der Waals surface area (Å²) >= 11 is 6.14. The van der Waals surface area contributed by atoms with E-state index in [-0.39, 0.29) is 12.0 Å². The first-order valence-corrected chi connectivity index (χ1v) is 6.97. The Morgan fingerprint density at radius 1 is 1.21 bits per heavy atom. The molecule has 1 aromatic heterocycles. The van der Waals surface area contributed by atoms with E-state index in [4.69, 9.17) is 21.9 Å². The maximum atomic E-state index is 6.14. The Morgan fingerprint density at radius 2 is 2.00 bits per heavy atom. The minimum atomic E-state index is 0.119. The van der Waals surface area contributed by atoms with Crippen LogP contribution in [-0.4, -0.2) is 16.2 Å². The smallest absolute Gasteiger partial charge is 0.231 e. The van der Waals surface area contributed by atoms with Crippen LogP contribution in [0.5, 0.6) is 0 Å². The Hall–Kier alpha value is -1.39. The molecule has 100 valence electrons. The van der Waals surface area contributed by atoms with Crippen molar-refractivity contribution in [2.45, 2.75) is 37.6 Å². The lowest BCUT2D eigenvalue weighted by Gasteiger charge is -2.25. The molecule has 1 aromatic carbocycles. The number of hydrogen-bond acceptors (Lipinski definition) is 4. The lowest BCUT2D eigenvalue weighted by Crippen LogP contribution is -2.31. The summed E-state index contributed by atoms with van der Waals surface area (Å²) in [4.78, 5) is 4.47. The second kappa shape index (κ2) is 5.31. The zero-order valence-electron chi connectivity index (χ0n) is 10.6. The minimum absolute atomic E-state index is 0.119. The molecule has 0 amide bonds. The summed E-state index contributed by atoms with van der Waals surface area (Å²) in [6.45, 7) is 0. The minimum Gasteiger partial charge on any atom is -0.339 e. The third-order valence-corrected chi connectivity index (χ3v) is 4.02. The summed E-state index contributed by atoms with van der Waals surface area (Å²) in [6, 6.07) is 7.61. The number of hydrogen-bond donors (Lipinski definition) is 1. The Bertz CT molecular complexity index is 569. The van der Waals surface area contributed by atoms with E-state index in [0.29, 0.717) is 16.7 Å². The van der Waals surface area contributed by atoms with Crippen LogP contribution in [-0.2, 0) is 0 Å². The molecule has 2 atom stereocenters. The maximum absolute atomic E-state index is 6.14. The Labute approximate surface area is 117 Å². The van der Waals surface area contributed by atoms with E-state index >= 15 is 0 Å². The normalized spacial score (nSPS) is 23.5. The molecule has 1 saturated carbocycles. The lowest BCUT2D eigenvalue weighted by molar-refractivity contribution is 0.290. The monoisotopic (exact) mass is 277 g/mol. The highest BCUT2D eigenvalue weighted by Crippen LogP contribution is 2.33. The van der Waals surface area contributed by atoms with Gasteiger partial charge in [-0.05, 0) is 25.0 Å². The van der Waals surface area contributed by atoms with Gasteiger partial charge in [-0.15, -0.1) is 0 Å². The van der Waals surface area contributed by atoms with Gasteiger partial charge in [0, 0.05) is 11.6 Å². The van der Waals surface area contributed by atoms with E-state index in [1.807, 2.05) is 24.3 Å². The van der Waals surface area contributed by atoms with Crippen LogP contribution in [0.25, 0.3) is 11.4 Å². The summed E-state index contributed by atoms with van der Waals surface area (Å²) in [5.74, 6) is 1.36. The quantitative estimate of drug-likeness (QED) is 0.914. The number of nitrogens with zero attached hydrogens (tertiary/aromatic N) is 2. The summed E-state index contributed by atoms with van der Waals surface area (Å²) < 4.78 is 5.38. The maximum Gasteiger partial charge on any atom is 0.231 e. The van der Waals surface area contributed by atoms with Gasteiger partial charge in [-0.25, -0.2) is 0 Å². The molecule has 3 rings (SSSR count). The fraction of sp³-hybridized carbons (Fsp3) is 0.429. The van der Waals surface area contributed by atoms with Crippen LogP contribution in [0, 0.1) is 0 Å². The number of halogens is 1. The van der Waals surface area contributed by atoms with Gasteiger partial charge in [-0.1, -0.05) is 41.7 Å². The predicted molar refractivity (Wildman–Crippen MR) is 73.9 cm³/mol. The molecule has 1 heterocycles. The van der Waals surface area contributed by atoms with Crippen LogP contribution < -0.4 is 5.73 Å². The molecule has 0 radical (unpaired) electrons. The van der Waals surface area contributed by atoms with Crippen LogP contribution in [0.2, 0.25) is 5.02 Å². The van der Waals surface area contributed by atoms with E-state index in [1.165, 1.54) is 12.8 Å². The first-order chi connectivity index (χ1) is 9.25. The third-order valence-electron chi connectivity index (χ3n) is 3.69. The van der Waals surface area contributed by atoms with Crippen molar-refractivity contribution in [3.05, 3.63) is 35.2 Å². The molecule has 5 heteroatoms. The van der Waals surface area contributed by atoms with E-state index in [1.54, 1.807) is 0 Å². The molecule has 0 aliphatic heterocycles. The molecular weight excluding hydrogens is 262 g/mol. The predicted octanol–water partition coefficient (Wildman–Crippen LogP) is 3.37. The van der Waals surface area contributed by atoms with Gasteiger partial charge in [-0.2, -0.15) is 4.98 Å². The zero-order chi connectivity index (χ0) is 13.2. The molecule has 1 aliphatic carbocycles. The van der Waals surface area contributed by atoms with Crippen LogP contribution >= 0.6 is 11.6 Å².